The molecule has 0 aromatic rings. The molecule has 3 aliphatic carbocycles. The van der Waals surface area contributed by atoms with Gasteiger partial charge >= 0.3 is 5.97 Å². The Labute approximate surface area is 151 Å². The lowest BCUT2D eigenvalue weighted by Crippen LogP contribution is -2.52. The molecule has 142 valence electrons. The highest BCUT2D eigenvalue weighted by molar-refractivity contribution is 5.66. The van der Waals surface area contributed by atoms with E-state index in [9.17, 15) is 15.0 Å². The van der Waals surface area contributed by atoms with Gasteiger partial charge in [-0.1, -0.05) is 26.0 Å². The van der Waals surface area contributed by atoms with Crippen molar-refractivity contribution in [3.8, 4) is 0 Å². The van der Waals surface area contributed by atoms with E-state index in [0.717, 1.165) is 38.5 Å². The number of allylic oxidation sites excluding steroid dienone is 1. The maximum absolute atomic E-state index is 11.3. The van der Waals surface area contributed by atoms with E-state index in [-0.39, 0.29) is 47.2 Å². The second-order valence-corrected chi connectivity index (χ2v) is 9.37. The fourth-order valence-corrected chi connectivity index (χ4v) is 6.36. The van der Waals surface area contributed by atoms with Crippen LogP contribution in [0, 0.1) is 28.6 Å². The highest BCUT2D eigenvalue weighted by Gasteiger charge is 2.56. The molecule has 3 fully saturated rings. The number of carboxylic acids is 1. The number of aliphatic hydroxyl groups excluding tert-OH is 2. The van der Waals surface area contributed by atoms with Crippen LogP contribution in [0.25, 0.3) is 0 Å². The number of carbonyl (C=O) groups is 1. The number of hydrogen-bond acceptors (Lipinski definition) is 3. The highest BCUT2D eigenvalue weighted by atomic mass is 16.4. The summed E-state index contributed by atoms with van der Waals surface area (Å²) in [7, 11) is 0. The summed E-state index contributed by atoms with van der Waals surface area (Å²) in [4.78, 5) is 11.1. The average Bonchev–Trinajstić information content (AvgIpc) is 2.85. The first kappa shape index (κ1) is 18.9. The first-order valence-corrected chi connectivity index (χ1v) is 9.94. The number of rotatable bonds is 4. The van der Waals surface area contributed by atoms with E-state index in [1.807, 2.05) is 0 Å². The number of aliphatic hydroxyl groups is 2. The molecule has 0 heterocycles. The summed E-state index contributed by atoms with van der Waals surface area (Å²) in [6.07, 6.45) is 6.47. The van der Waals surface area contributed by atoms with Crippen molar-refractivity contribution in [1.29, 1.82) is 0 Å². The third-order valence-electron chi connectivity index (χ3n) is 8.24. The molecule has 0 spiro atoms. The van der Waals surface area contributed by atoms with Crippen LogP contribution in [-0.2, 0) is 4.79 Å². The molecule has 0 amide bonds. The molecule has 0 aliphatic heterocycles. The minimum absolute atomic E-state index is 0.0665. The monoisotopic (exact) mass is 350 g/mol. The number of hydrogen-bond donors (Lipinski definition) is 3. The standard InChI is InChI=1S/C21H34O4/c1-13-4-6-16-19(25)17(9-11-20(13,16)2)21(3)10-8-15(22)12-14(21)5-7-18(23)24/h14-17,19,22,25H,1,4-12H2,2-3H3,(H,23,24)/t14-,15+,16+,17+,19+,20-,21+/m1/s1. The lowest BCUT2D eigenvalue weighted by molar-refractivity contribution is -0.140. The molecule has 4 nitrogen and oxygen atoms in total. The molecular formula is C21H34O4. The first-order valence-electron chi connectivity index (χ1n) is 9.94. The van der Waals surface area contributed by atoms with Gasteiger partial charge in [-0.2, -0.15) is 0 Å². The highest BCUT2D eigenvalue weighted by Crippen LogP contribution is 2.61. The molecule has 0 aromatic heterocycles. The molecule has 0 radical (unpaired) electrons. The molecule has 4 heteroatoms. The average molecular weight is 350 g/mol. The Kier molecular flexibility index (Phi) is 5.06. The van der Waals surface area contributed by atoms with Crippen molar-refractivity contribution < 1.29 is 20.1 Å². The zero-order chi connectivity index (χ0) is 18.4. The second-order valence-electron chi connectivity index (χ2n) is 9.37. The minimum Gasteiger partial charge on any atom is -0.481 e. The van der Waals surface area contributed by atoms with Crippen molar-refractivity contribution in [3.63, 3.8) is 0 Å². The number of aliphatic carboxylic acids is 1. The van der Waals surface area contributed by atoms with Crippen LogP contribution in [0.15, 0.2) is 12.2 Å². The normalized spacial score (nSPS) is 47.5. The fourth-order valence-electron chi connectivity index (χ4n) is 6.36. The SMILES string of the molecule is C=C1CC[C@H]2[C@H](O)[C@@H]([C@@]3(C)CC[C@H](O)C[C@H]3CCC(=O)O)CC[C@]12C. The Bertz CT molecular complexity index is 544. The van der Waals surface area contributed by atoms with Crippen LogP contribution in [0.1, 0.15) is 71.6 Å². The van der Waals surface area contributed by atoms with Gasteiger partial charge < -0.3 is 15.3 Å². The van der Waals surface area contributed by atoms with E-state index >= 15 is 0 Å². The van der Waals surface area contributed by atoms with Crippen LogP contribution in [0.2, 0.25) is 0 Å². The van der Waals surface area contributed by atoms with Crippen molar-refractivity contribution in [2.45, 2.75) is 83.8 Å². The van der Waals surface area contributed by atoms with Crippen molar-refractivity contribution in [2.75, 3.05) is 0 Å². The van der Waals surface area contributed by atoms with Crippen LogP contribution < -0.4 is 0 Å². The Hall–Kier alpha value is -0.870. The van der Waals surface area contributed by atoms with Gasteiger partial charge in [0.05, 0.1) is 12.2 Å². The van der Waals surface area contributed by atoms with Crippen LogP contribution in [0.4, 0.5) is 0 Å². The van der Waals surface area contributed by atoms with Crippen molar-refractivity contribution >= 4 is 5.97 Å². The molecular weight excluding hydrogens is 316 g/mol. The predicted molar refractivity (Wildman–Crippen MR) is 97.0 cm³/mol. The topological polar surface area (TPSA) is 77.8 Å². The van der Waals surface area contributed by atoms with E-state index < -0.39 is 5.97 Å². The molecule has 0 aromatic carbocycles. The summed E-state index contributed by atoms with van der Waals surface area (Å²) in [5, 5.41) is 30.5. The zero-order valence-electron chi connectivity index (χ0n) is 15.7. The maximum atomic E-state index is 11.3. The minimum atomic E-state index is -0.772. The van der Waals surface area contributed by atoms with Crippen molar-refractivity contribution in [3.05, 3.63) is 12.2 Å². The number of fused-ring (bicyclic) bond motifs is 1. The van der Waals surface area contributed by atoms with Gasteiger partial charge in [0.1, 0.15) is 0 Å². The van der Waals surface area contributed by atoms with Crippen LogP contribution in [0.5, 0.6) is 0 Å². The Morgan fingerprint density at radius 3 is 2.56 bits per heavy atom. The summed E-state index contributed by atoms with van der Waals surface area (Å²) in [6.45, 7) is 8.77. The molecule has 3 saturated carbocycles. The van der Waals surface area contributed by atoms with E-state index in [1.54, 1.807) is 0 Å². The molecule has 3 N–H and O–H groups in total. The molecule has 3 rings (SSSR count). The van der Waals surface area contributed by atoms with Gasteiger partial charge in [-0.15, -0.1) is 0 Å². The number of carboxylic acid groups (broad SMARTS) is 1. The molecule has 0 bridgehead atoms. The zero-order valence-corrected chi connectivity index (χ0v) is 15.7. The van der Waals surface area contributed by atoms with E-state index in [4.69, 9.17) is 5.11 Å². The van der Waals surface area contributed by atoms with Gasteiger partial charge in [0.15, 0.2) is 0 Å². The molecule has 0 unspecified atom stereocenters. The van der Waals surface area contributed by atoms with E-state index in [0.29, 0.717) is 12.8 Å². The van der Waals surface area contributed by atoms with Gasteiger partial charge in [-0.3, -0.25) is 4.79 Å². The Balaban J connectivity index is 1.82. The van der Waals surface area contributed by atoms with Gasteiger partial charge in [-0.05, 0) is 80.0 Å². The fraction of sp³-hybridized carbons (Fsp3) is 0.857. The van der Waals surface area contributed by atoms with Gasteiger partial charge in [0, 0.05) is 6.42 Å². The lowest BCUT2D eigenvalue weighted by Gasteiger charge is -2.55. The summed E-state index contributed by atoms with van der Waals surface area (Å²) in [6, 6.07) is 0. The first-order chi connectivity index (χ1) is 11.7. The van der Waals surface area contributed by atoms with Crippen LogP contribution >= 0.6 is 0 Å². The quantitative estimate of drug-likeness (QED) is 0.675. The van der Waals surface area contributed by atoms with Crippen LogP contribution in [-0.4, -0.2) is 33.5 Å². The lowest BCUT2D eigenvalue weighted by atomic mass is 9.51. The van der Waals surface area contributed by atoms with E-state index in [1.165, 1.54) is 5.57 Å². The van der Waals surface area contributed by atoms with Gasteiger partial charge in [0.2, 0.25) is 0 Å². The summed E-state index contributed by atoms with van der Waals surface area (Å²) >= 11 is 0. The predicted octanol–water partition coefficient (Wildman–Crippen LogP) is 3.76. The largest absolute Gasteiger partial charge is 0.481 e. The van der Waals surface area contributed by atoms with Gasteiger partial charge in [0.25, 0.3) is 0 Å². The Morgan fingerprint density at radius 1 is 1.16 bits per heavy atom. The molecule has 7 atom stereocenters. The summed E-state index contributed by atoms with van der Waals surface area (Å²) < 4.78 is 0. The molecule has 25 heavy (non-hydrogen) atoms. The summed E-state index contributed by atoms with van der Waals surface area (Å²) in [5.74, 6) is -0.127. The summed E-state index contributed by atoms with van der Waals surface area (Å²) in [5.41, 5.74) is 1.28. The third-order valence-corrected chi connectivity index (χ3v) is 8.24. The maximum Gasteiger partial charge on any atom is 0.303 e. The Morgan fingerprint density at radius 2 is 1.88 bits per heavy atom. The smallest absolute Gasteiger partial charge is 0.303 e. The van der Waals surface area contributed by atoms with Crippen LogP contribution in [0.3, 0.4) is 0 Å². The van der Waals surface area contributed by atoms with E-state index in [2.05, 4.69) is 20.4 Å². The third kappa shape index (κ3) is 3.16. The second kappa shape index (κ2) is 6.70. The van der Waals surface area contributed by atoms with Crippen molar-refractivity contribution in [1.82, 2.24) is 0 Å². The molecule has 3 aliphatic rings. The van der Waals surface area contributed by atoms with Gasteiger partial charge in [-0.25, -0.2) is 0 Å². The molecule has 0 saturated heterocycles. The van der Waals surface area contributed by atoms with Crippen molar-refractivity contribution in [2.24, 2.45) is 28.6 Å².